The number of hydrogen-bond acceptors (Lipinski definition) is 4. The van der Waals surface area contributed by atoms with Crippen molar-refractivity contribution in [2.75, 3.05) is 19.8 Å². The Balaban J connectivity index is 2.09. The Hall–Kier alpha value is -1.40. The first-order valence-corrected chi connectivity index (χ1v) is 6.25. The number of rotatable bonds is 3. The topological polar surface area (TPSA) is 73.4 Å². The van der Waals surface area contributed by atoms with Crippen LogP contribution >= 0.6 is 0 Å². The minimum Gasteiger partial charge on any atom is -0.377 e. The molecule has 18 heavy (non-hydrogen) atoms. The molecule has 2 heterocycles. The Morgan fingerprint density at radius 3 is 3.11 bits per heavy atom. The summed E-state index contributed by atoms with van der Waals surface area (Å²) in [6.45, 7) is 3.85. The molecule has 100 valence electrons. The van der Waals surface area contributed by atoms with E-state index in [0.717, 1.165) is 12.0 Å². The summed E-state index contributed by atoms with van der Waals surface area (Å²) < 4.78 is 7.04. The summed E-state index contributed by atoms with van der Waals surface area (Å²) in [6, 6.07) is -0.500. The standard InChI is InChI=1S/C12H20N4O2/c1-3-10-8-18-5-4-16(10)12(17)11(13)9-6-14-15(2)7-9/h6-7,10-11H,3-5,8,13H2,1-2H3. The average molecular weight is 252 g/mol. The molecular formula is C12H20N4O2. The number of hydrogen-bond donors (Lipinski definition) is 1. The van der Waals surface area contributed by atoms with E-state index in [1.54, 1.807) is 17.1 Å². The molecule has 1 fully saturated rings. The van der Waals surface area contributed by atoms with Crippen molar-refractivity contribution >= 4 is 5.91 Å². The fourth-order valence-electron chi connectivity index (χ4n) is 2.21. The van der Waals surface area contributed by atoms with Gasteiger partial charge in [0.25, 0.3) is 0 Å². The highest BCUT2D eigenvalue weighted by atomic mass is 16.5. The monoisotopic (exact) mass is 252 g/mol. The van der Waals surface area contributed by atoms with Crippen LogP contribution in [0.4, 0.5) is 0 Å². The van der Waals surface area contributed by atoms with Crippen LogP contribution in [0, 0.1) is 0 Å². The molecular weight excluding hydrogens is 232 g/mol. The summed E-state index contributed by atoms with van der Waals surface area (Å²) in [4.78, 5) is 14.2. The van der Waals surface area contributed by atoms with Crippen LogP contribution in [-0.2, 0) is 16.6 Å². The molecule has 2 rings (SSSR count). The Morgan fingerprint density at radius 1 is 1.72 bits per heavy atom. The predicted octanol–water partition coefficient (Wildman–Crippen LogP) is 0.0573. The zero-order valence-electron chi connectivity index (χ0n) is 10.9. The molecule has 0 radical (unpaired) electrons. The van der Waals surface area contributed by atoms with Gasteiger partial charge < -0.3 is 15.4 Å². The van der Waals surface area contributed by atoms with Crippen LogP contribution in [-0.4, -0.2) is 46.4 Å². The van der Waals surface area contributed by atoms with E-state index in [2.05, 4.69) is 12.0 Å². The molecule has 1 saturated heterocycles. The summed E-state index contributed by atoms with van der Waals surface area (Å²) in [6.07, 6.45) is 4.30. The lowest BCUT2D eigenvalue weighted by molar-refractivity contribution is -0.141. The molecule has 6 heteroatoms. The third-order valence-corrected chi connectivity index (χ3v) is 3.33. The maximum Gasteiger partial charge on any atom is 0.244 e. The lowest BCUT2D eigenvalue weighted by Gasteiger charge is -2.36. The number of aromatic nitrogens is 2. The van der Waals surface area contributed by atoms with E-state index in [4.69, 9.17) is 10.5 Å². The highest BCUT2D eigenvalue weighted by Crippen LogP contribution is 2.17. The van der Waals surface area contributed by atoms with Crippen molar-refractivity contribution in [3.63, 3.8) is 0 Å². The molecule has 1 aliphatic heterocycles. The quantitative estimate of drug-likeness (QED) is 0.825. The summed E-state index contributed by atoms with van der Waals surface area (Å²) in [5.41, 5.74) is 6.77. The molecule has 1 aliphatic rings. The molecule has 1 aromatic rings. The fourth-order valence-corrected chi connectivity index (χ4v) is 2.21. The second kappa shape index (κ2) is 5.49. The van der Waals surface area contributed by atoms with Crippen LogP contribution in [0.15, 0.2) is 12.4 Å². The van der Waals surface area contributed by atoms with Gasteiger partial charge in [-0.3, -0.25) is 9.48 Å². The fraction of sp³-hybridized carbons (Fsp3) is 0.667. The predicted molar refractivity (Wildman–Crippen MR) is 66.7 cm³/mol. The lowest BCUT2D eigenvalue weighted by Crippen LogP contribution is -2.51. The van der Waals surface area contributed by atoms with Crippen molar-refractivity contribution in [3.8, 4) is 0 Å². The number of aryl methyl sites for hydroxylation is 1. The normalized spacial score (nSPS) is 21.9. The zero-order chi connectivity index (χ0) is 13.1. The SMILES string of the molecule is CCC1COCCN1C(=O)C(N)c1cnn(C)c1. The van der Waals surface area contributed by atoms with E-state index < -0.39 is 6.04 Å². The molecule has 1 aromatic heterocycles. The van der Waals surface area contributed by atoms with Crippen LogP contribution in [0.2, 0.25) is 0 Å². The number of nitrogens with two attached hydrogens (primary N) is 1. The van der Waals surface area contributed by atoms with Crippen molar-refractivity contribution in [1.29, 1.82) is 0 Å². The highest BCUT2D eigenvalue weighted by Gasteiger charge is 2.30. The van der Waals surface area contributed by atoms with Gasteiger partial charge in [-0.05, 0) is 6.42 Å². The number of nitrogens with zero attached hydrogens (tertiary/aromatic N) is 3. The summed E-state index contributed by atoms with van der Waals surface area (Å²) in [7, 11) is 1.81. The second-order valence-corrected chi connectivity index (χ2v) is 4.59. The second-order valence-electron chi connectivity index (χ2n) is 4.59. The molecule has 0 aliphatic carbocycles. The Morgan fingerprint density at radius 2 is 2.50 bits per heavy atom. The van der Waals surface area contributed by atoms with E-state index in [1.807, 2.05) is 11.9 Å². The van der Waals surface area contributed by atoms with Gasteiger partial charge >= 0.3 is 0 Å². The van der Waals surface area contributed by atoms with Gasteiger partial charge in [-0.1, -0.05) is 6.92 Å². The van der Waals surface area contributed by atoms with Gasteiger partial charge in [0.1, 0.15) is 6.04 Å². The Kier molecular flexibility index (Phi) is 3.98. The molecule has 2 unspecified atom stereocenters. The Bertz CT molecular complexity index is 418. The highest BCUT2D eigenvalue weighted by molar-refractivity contribution is 5.83. The molecule has 0 aromatic carbocycles. The van der Waals surface area contributed by atoms with E-state index in [9.17, 15) is 4.79 Å². The van der Waals surface area contributed by atoms with E-state index in [0.29, 0.717) is 19.8 Å². The molecule has 6 nitrogen and oxygen atoms in total. The number of ether oxygens (including phenoxy) is 1. The largest absolute Gasteiger partial charge is 0.377 e. The zero-order valence-corrected chi connectivity index (χ0v) is 10.9. The van der Waals surface area contributed by atoms with E-state index in [-0.39, 0.29) is 11.9 Å². The van der Waals surface area contributed by atoms with Crippen LogP contribution in [0.3, 0.4) is 0 Å². The van der Waals surface area contributed by atoms with Crippen LogP contribution in [0.1, 0.15) is 24.9 Å². The summed E-state index contributed by atoms with van der Waals surface area (Å²) in [5, 5.41) is 4.05. The maximum atomic E-state index is 12.4. The molecule has 2 atom stereocenters. The van der Waals surface area contributed by atoms with E-state index in [1.165, 1.54) is 0 Å². The third kappa shape index (κ3) is 2.54. The third-order valence-electron chi connectivity index (χ3n) is 3.33. The molecule has 2 N–H and O–H groups in total. The smallest absolute Gasteiger partial charge is 0.244 e. The number of amides is 1. The van der Waals surface area contributed by atoms with Crippen molar-refractivity contribution < 1.29 is 9.53 Å². The summed E-state index contributed by atoms with van der Waals surface area (Å²) >= 11 is 0. The molecule has 0 saturated carbocycles. The first-order chi connectivity index (χ1) is 8.63. The molecule has 0 bridgehead atoms. The van der Waals surface area contributed by atoms with Gasteiger partial charge in [-0.15, -0.1) is 0 Å². The van der Waals surface area contributed by atoms with Gasteiger partial charge in [0.05, 0.1) is 25.5 Å². The minimum absolute atomic E-state index is 0.0434. The molecule has 1 amide bonds. The van der Waals surface area contributed by atoms with Gasteiger partial charge in [-0.25, -0.2) is 0 Å². The van der Waals surface area contributed by atoms with Crippen LogP contribution in [0.5, 0.6) is 0 Å². The minimum atomic E-state index is -0.633. The first kappa shape index (κ1) is 13.0. The average Bonchev–Trinajstić information content (AvgIpc) is 2.83. The summed E-state index contributed by atoms with van der Waals surface area (Å²) in [5.74, 6) is -0.0434. The molecule has 0 spiro atoms. The number of carbonyl (C=O) groups is 1. The Labute approximate surface area is 107 Å². The van der Waals surface area contributed by atoms with Crippen LogP contribution < -0.4 is 5.73 Å². The van der Waals surface area contributed by atoms with Gasteiger partial charge in [-0.2, -0.15) is 5.10 Å². The number of morpholine rings is 1. The maximum absolute atomic E-state index is 12.4. The van der Waals surface area contributed by atoms with Gasteiger partial charge in [0.15, 0.2) is 0 Å². The van der Waals surface area contributed by atoms with Crippen LogP contribution in [0.25, 0.3) is 0 Å². The van der Waals surface area contributed by atoms with Crippen molar-refractivity contribution in [2.45, 2.75) is 25.4 Å². The lowest BCUT2D eigenvalue weighted by atomic mass is 10.1. The number of carbonyl (C=O) groups excluding carboxylic acids is 1. The van der Waals surface area contributed by atoms with Gasteiger partial charge in [0, 0.05) is 25.4 Å². The van der Waals surface area contributed by atoms with Gasteiger partial charge in [0.2, 0.25) is 5.91 Å². The van der Waals surface area contributed by atoms with Crippen molar-refractivity contribution in [2.24, 2.45) is 12.8 Å². The van der Waals surface area contributed by atoms with E-state index >= 15 is 0 Å². The van der Waals surface area contributed by atoms with Crippen molar-refractivity contribution in [3.05, 3.63) is 18.0 Å². The van der Waals surface area contributed by atoms with Crippen molar-refractivity contribution in [1.82, 2.24) is 14.7 Å². The first-order valence-electron chi connectivity index (χ1n) is 6.25.